The van der Waals surface area contributed by atoms with E-state index in [1.165, 1.54) is 24.3 Å². The average molecular weight is 497 g/mol. The fourth-order valence-corrected chi connectivity index (χ4v) is 4.20. The van der Waals surface area contributed by atoms with Crippen LogP contribution in [0.4, 0.5) is 22.0 Å². The van der Waals surface area contributed by atoms with E-state index in [0.29, 0.717) is 40.3 Å². The summed E-state index contributed by atoms with van der Waals surface area (Å²) in [4.78, 5) is 0. The minimum atomic E-state index is -4.74. The zero-order chi connectivity index (χ0) is 25.7. The second-order valence-corrected chi connectivity index (χ2v) is 8.59. The molecular formula is C30H25F5O. The molecule has 0 radical (unpaired) electrons. The maximum atomic E-state index is 15.2. The molecule has 4 rings (SSSR count). The van der Waals surface area contributed by atoms with Crippen LogP contribution < -0.4 is 4.74 Å². The van der Waals surface area contributed by atoms with Crippen molar-refractivity contribution < 1.29 is 26.7 Å². The van der Waals surface area contributed by atoms with Crippen molar-refractivity contribution in [2.24, 2.45) is 0 Å². The van der Waals surface area contributed by atoms with Gasteiger partial charge in [0.1, 0.15) is 17.4 Å². The predicted molar refractivity (Wildman–Crippen MR) is 133 cm³/mol. The van der Waals surface area contributed by atoms with Crippen LogP contribution >= 0.6 is 0 Å². The van der Waals surface area contributed by atoms with Crippen LogP contribution in [-0.4, -0.2) is 6.36 Å². The number of alkyl halides is 3. The van der Waals surface area contributed by atoms with Crippen molar-refractivity contribution in [3.63, 3.8) is 0 Å². The summed E-state index contributed by atoms with van der Waals surface area (Å²) in [6.45, 7) is 1.95. The molecule has 0 unspecified atom stereocenters. The first-order valence-electron chi connectivity index (χ1n) is 11.7. The van der Waals surface area contributed by atoms with Gasteiger partial charge in [-0.25, -0.2) is 8.78 Å². The van der Waals surface area contributed by atoms with E-state index in [0.717, 1.165) is 24.0 Å². The lowest BCUT2D eigenvalue weighted by Gasteiger charge is -2.11. The Balaban J connectivity index is 1.48. The maximum Gasteiger partial charge on any atom is 0.573 e. The van der Waals surface area contributed by atoms with Gasteiger partial charge >= 0.3 is 6.36 Å². The largest absolute Gasteiger partial charge is 0.573 e. The van der Waals surface area contributed by atoms with Gasteiger partial charge in [0.2, 0.25) is 0 Å². The molecule has 0 heterocycles. The molecule has 0 fully saturated rings. The fourth-order valence-electron chi connectivity index (χ4n) is 4.20. The van der Waals surface area contributed by atoms with Crippen LogP contribution in [0, 0.1) is 11.6 Å². The van der Waals surface area contributed by atoms with Gasteiger partial charge < -0.3 is 4.74 Å². The Bertz CT molecular complexity index is 1370. The SMILES string of the molecule is C/C=C/CCc1ccc(-c2ccc3c(F)c(CCc4ccc(OC(F)(F)F)cc4)ccc3c2)c(F)c1. The number of halogens is 5. The zero-order valence-electron chi connectivity index (χ0n) is 19.7. The molecule has 1 nitrogen and oxygen atoms in total. The fraction of sp³-hybridized carbons (Fsp3) is 0.200. The number of aryl methyl sites for hydroxylation is 3. The van der Waals surface area contributed by atoms with E-state index in [1.807, 2.05) is 25.1 Å². The number of rotatable bonds is 8. The van der Waals surface area contributed by atoms with Gasteiger partial charge in [0.15, 0.2) is 0 Å². The van der Waals surface area contributed by atoms with Crippen LogP contribution in [0.3, 0.4) is 0 Å². The van der Waals surface area contributed by atoms with Crippen molar-refractivity contribution in [3.8, 4) is 16.9 Å². The van der Waals surface area contributed by atoms with Crippen LogP contribution in [0.25, 0.3) is 21.9 Å². The average Bonchev–Trinajstić information content (AvgIpc) is 2.84. The van der Waals surface area contributed by atoms with Crippen LogP contribution in [0.1, 0.15) is 30.0 Å². The molecule has 0 N–H and O–H groups in total. The molecule has 0 saturated heterocycles. The summed E-state index contributed by atoms with van der Waals surface area (Å²) in [6, 6.07) is 19.4. The Morgan fingerprint density at radius 2 is 1.53 bits per heavy atom. The van der Waals surface area contributed by atoms with Gasteiger partial charge in [-0.2, -0.15) is 0 Å². The molecule has 0 aromatic heterocycles. The third kappa shape index (κ3) is 6.30. The smallest absolute Gasteiger partial charge is 0.406 e. The van der Waals surface area contributed by atoms with E-state index in [1.54, 1.807) is 42.5 Å². The minimum Gasteiger partial charge on any atom is -0.406 e. The van der Waals surface area contributed by atoms with E-state index < -0.39 is 6.36 Å². The quantitative estimate of drug-likeness (QED) is 0.175. The van der Waals surface area contributed by atoms with Crippen LogP contribution in [-0.2, 0) is 19.3 Å². The summed E-state index contributed by atoms with van der Waals surface area (Å²) in [5.41, 5.74) is 3.34. The van der Waals surface area contributed by atoms with E-state index in [9.17, 15) is 17.6 Å². The Morgan fingerprint density at radius 3 is 2.22 bits per heavy atom. The Labute approximate surface area is 206 Å². The monoisotopic (exact) mass is 496 g/mol. The molecule has 0 aliphatic rings. The maximum absolute atomic E-state index is 15.2. The first-order valence-corrected chi connectivity index (χ1v) is 11.7. The molecule has 0 aliphatic carbocycles. The van der Waals surface area contributed by atoms with Gasteiger partial charge in [-0.1, -0.05) is 60.7 Å². The van der Waals surface area contributed by atoms with Gasteiger partial charge in [-0.15, -0.1) is 13.2 Å². The van der Waals surface area contributed by atoms with Crippen molar-refractivity contribution in [3.05, 3.63) is 113 Å². The summed E-state index contributed by atoms with van der Waals surface area (Å²) in [7, 11) is 0. The molecule has 0 bridgehead atoms. The highest BCUT2D eigenvalue weighted by molar-refractivity contribution is 5.88. The Hall–Kier alpha value is -3.67. The van der Waals surface area contributed by atoms with E-state index >= 15 is 4.39 Å². The first-order chi connectivity index (χ1) is 17.2. The molecule has 36 heavy (non-hydrogen) atoms. The summed E-state index contributed by atoms with van der Waals surface area (Å²) < 4.78 is 70.8. The molecule has 0 amide bonds. The second-order valence-electron chi connectivity index (χ2n) is 8.59. The number of hydrogen-bond acceptors (Lipinski definition) is 1. The van der Waals surface area contributed by atoms with E-state index in [-0.39, 0.29) is 17.4 Å². The van der Waals surface area contributed by atoms with Crippen LogP contribution in [0.2, 0.25) is 0 Å². The third-order valence-electron chi connectivity index (χ3n) is 6.05. The van der Waals surface area contributed by atoms with Crippen LogP contribution in [0.15, 0.2) is 84.9 Å². The number of ether oxygens (including phenoxy) is 1. The molecule has 0 saturated carbocycles. The van der Waals surface area contributed by atoms with E-state index in [4.69, 9.17) is 0 Å². The molecule has 186 valence electrons. The lowest BCUT2D eigenvalue weighted by Crippen LogP contribution is -2.17. The third-order valence-corrected chi connectivity index (χ3v) is 6.05. The second kappa shape index (κ2) is 10.9. The molecule has 4 aromatic rings. The summed E-state index contributed by atoms with van der Waals surface area (Å²) >= 11 is 0. The number of hydrogen-bond donors (Lipinski definition) is 0. The van der Waals surface area contributed by atoms with Gasteiger partial charge in [0.25, 0.3) is 0 Å². The minimum absolute atomic E-state index is 0.293. The highest BCUT2D eigenvalue weighted by Crippen LogP contribution is 2.30. The molecule has 0 aliphatic heterocycles. The van der Waals surface area contributed by atoms with Crippen LogP contribution in [0.5, 0.6) is 5.75 Å². The molecule has 0 spiro atoms. The van der Waals surface area contributed by atoms with E-state index in [2.05, 4.69) is 4.74 Å². The van der Waals surface area contributed by atoms with Crippen molar-refractivity contribution in [2.45, 2.75) is 39.0 Å². The summed E-state index contributed by atoms with van der Waals surface area (Å²) in [6.07, 6.45) is 1.73. The van der Waals surface area contributed by atoms with Gasteiger partial charge in [-0.05, 0) is 84.5 Å². The normalized spacial score (nSPS) is 11.9. The molecule has 4 aromatic carbocycles. The van der Waals surface area contributed by atoms with Gasteiger partial charge in [0.05, 0.1) is 0 Å². The molecule has 0 atom stereocenters. The predicted octanol–water partition coefficient (Wildman–Crippen LogP) is 8.98. The highest BCUT2D eigenvalue weighted by Gasteiger charge is 2.30. The van der Waals surface area contributed by atoms with Crippen molar-refractivity contribution in [2.75, 3.05) is 0 Å². The summed E-state index contributed by atoms with van der Waals surface area (Å²) in [5.74, 6) is -0.953. The van der Waals surface area contributed by atoms with Crippen molar-refractivity contribution in [1.29, 1.82) is 0 Å². The molecule has 6 heteroatoms. The number of fused-ring (bicyclic) bond motifs is 1. The van der Waals surface area contributed by atoms with Gasteiger partial charge in [-0.3, -0.25) is 0 Å². The highest BCUT2D eigenvalue weighted by atomic mass is 19.4. The van der Waals surface area contributed by atoms with Gasteiger partial charge in [0, 0.05) is 10.9 Å². The Morgan fingerprint density at radius 1 is 0.778 bits per heavy atom. The summed E-state index contributed by atoms with van der Waals surface area (Å²) in [5, 5.41) is 1.10. The number of allylic oxidation sites excluding steroid dienone is 2. The topological polar surface area (TPSA) is 9.23 Å². The Kier molecular flexibility index (Phi) is 7.73. The van der Waals surface area contributed by atoms with Crippen molar-refractivity contribution >= 4 is 10.8 Å². The lowest BCUT2D eigenvalue weighted by molar-refractivity contribution is -0.274. The lowest BCUT2D eigenvalue weighted by atomic mass is 9.96. The standard InChI is InChI=1S/C30H25F5O/c1-2-3-4-5-21-9-16-26(28(31)18-21)23-13-17-27-24(19-23)12-11-22(29(27)32)10-6-20-7-14-25(15-8-20)36-30(33,34)35/h2-3,7-9,11-19H,4-6,10H2,1H3/b3-2+. The molecular weight excluding hydrogens is 471 g/mol. The first kappa shape index (κ1) is 25.4. The van der Waals surface area contributed by atoms with Crippen molar-refractivity contribution in [1.82, 2.24) is 0 Å². The zero-order valence-corrected chi connectivity index (χ0v) is 19.7. The number of benzene rings is 4.